The molecule has 0 saturated carbocycles. The first-order chi connectivity index (χ1) is 8.66. The van der Waals surface area contributed by atoms with E-state index in [1.807, 2.05) is 0 Å². The van der Waals surface area contributed by atoms with Crippen LogP contribution < -0.4 is 0 Å². The Morgan fingerprint density at radius 3 is 2.56 bits per heavy atom. The van der Waals surface area contributed by atoms with Crippen LogP contribution in [-0.2, 0) is 6.54 Å². The third-order valence-corrected chi connectivity index (χ3v) is 3.32. The van der Waals surface area contributed by atoms with Gasteiger partial charge in [-0.05, 0) is 32.9 Å². The molecule has 1 aromatic heterocycles. The van der Waals surface area contributed by atoms with Crippen LogP contribution in [-0.4, -0.2) is 39.0 Å². The van der Waals surface area contributed by atoms with E-state index in [9.17, 15) is 4.79 Å². The average molecular weight is 249 g/mol. The van der Waals surface area contributed by atoms with Crippen LogP contribution in [0.15, 0.2) is 6.20 Å². The topological polar surface area (TPSA) is 66.3 Å². The Bertz CT molecular complexity index is 426. The van der Waals surface area contributed by atoms with E-state index in [4.69, 9.17) is 5.11 Å². The van der Waals surface area contributed by atoms with Gasteiger partial charge in [-0.2, -0.15) is 0 Å². The Hall–Kier alpha value is -1.49. The largest absolute Gasteiger partial charge is 0.478 e. The molecule has 1 N–H and O–H groups in total. The van der Waals surface area contributed by atoms with Gasteiger partial charge in [0.25, 0.3) is 0 Å². The van der Waals surface area contributed by atoms with Crippen molar-refractivity contribution in [3.05, 3.63) is 23.3 Å². The van der Waals surface area contributed by atoms with E-state index in [0.717, 1.165) is 25.5 Å². The molecule has 98 valence electrons. The van der Waals surface area contributed by atoms with Gasteiger partial charge >= 0.3 is 5.97 Å². The van der Waals surface area contributed by atoms with Gasteiger partial charge in [0, 0.05) is 6.20 Å². The van der Waals surface area contributed by atoms with Gasteiger partial charge in [0.15, 0.2) is 0 Å². The monoisotopic (exact) mass is 249 g/mol. The predicted molar refractivity (Wildman–Crippen MR) is 67.5 cm³/mol. The number of nitrogens with zero attached hydrogens (tertiary/aromatic N) is 3. The van der Waals surface area contributed by atoms with Crippen LogP contribution in [0.4, 0.5) is 0 Å². The number of hydrogen-bond donors (Lipinski definition) is 1. The Morgan fingerprint density at radius 1 is 1.33 bits per heavy atom. The average Bonchev–Trinajstić information content (AvgIpc) is 2.57. The molecule has 2 heterocycles. The fourth-order valence-electron chi connectivity index (χ4n) is 2.30. The van der Waals surface area contributed by atoms with E-state index in [1.165, 1.54) is 31.9 Å². The molecule has 1 aliphatic rings. The predicted octanol–water partition coefficient (Wildman–Crippen LogP) is 1.86. The number of aromatic nitrogens is 2. The summed E-state index contributed by atoms with van der Waals surface area (Å²) >= 11 is 0. The van der Waals surface area contributed by atoms with Crippen molar-refractivity contribution in [1.82, 2.24) is 14.9 Å². The number of carboxylic acid groups (broad SMARTS) is 1. The lowest BCUT2D eigenvalue weighted by atomic mass is 10.2. The highest BCUT2D eigenvalue weighted by molar-refractivity contribution is 5.88. The third kappa shape index (κ3) is 3.26. The molecule has 0 aliphatic carbocycles. The summed E-state index contributed by atoms with van der Waals surface area (Å²) in [6, 6.07) is 0. The molecular weight excluding hydrogens is 230 g/mol. The third-order valence-electron chi connectivity index (χ3n) is 3.32. The molecule has 1 aromatic rings. The molecule has 5 nitrogen and oxygen atoms in total. The number of likely N-dealkylation sites (tertiary alicyclic amines) is 1. The molecule has 2 rings (SSSR count). The second-order valence-corrected chi connectivity index (χ2v) is 4.78. The minimum absolute atomic E-state index is 0.189. The van der Waals surface area contributed by atoms with Crippen molar-refractivity contribution in [3.63, 3.8) is 0 Å². The summed E-state index contributed by atoms with van der Waals surface area (Å²) in [5.41, 5.74) is 0.733. The standard InChI is InChI=1S/C13H19N3O2/c1-10-11(13(17)18)8-14-12(15-10)9-16-6-4-2-3-5-7-16/h8H,2-7,9H2,1H3,(H,17,18). The smallest absolute Gasteiger partial charge is 0.339 e. The highest BCUT2D eigenvalue weighted by atomic mass is 16.4. The van der Waals surface area contributed by atoms with Gasteiger partial charge in [-0.1, -0.05) is 12.8 Å². The van der Waals surface area contributed by atoms with Crippen molar-refractivity contribution in [3.8, 4) is 0 Å². The molecule has 0 bridgehead atoms. The summed E-state index contributed by atoms with van der Waals surface area (Å²) in [5, 5.41) is 8.92. The maximum absolute atomic E-state index is 10.9. The molecule has 0 amide bonds. The Labute approximate surface area is 107 Å². The zero-order valence-corrected chi connectivity index (χ0v) is 10.7. The zero-order chi connectivity index (χ0) is 13.0. The van der Waals surface area contributed by atoms with E-state index in [0.29, 0.717) is 5.69 Å². The first-order valence-corrected chi connectivity index (χ1v) is 6.45. The number of aryl methyl sites for hydroxylation is 1. The van der Waals surface area contributed by atoms with Crippen molar-refractivity contribution in [2.75, 3.05) is 13.1 Å². The first-order valence-electron chi connectivity index (χ1n) is 6.45. The second-order valence-electron chi connectivity index (χ2n) is 4.78. The SMILES string of the molecule is Cc1nc(CN2CCCCCC2)ncc1C(=O)O. The molecule has 0 aromatic carbocycles. The van der Waals surface area contributed by atoms with Gasteiger partial charge in [-0.15, -0.1) is 0 Å². The summed E-state index contributed by atoms with van der Waals surface area (Å²) in [7, 11) is 0. The van der Waals surface area contributed by atoms with Crippen LogP contribution in [0.25, 0.3) is 0 Å². The number of hydrogen-bond acceptors (Lipinski definition) is 4. The van der Waals surface area contributed by atoms with Crippen LogP contribution in [0.1, 0.15) is 47.6 Å². The molecule has 1 fully saturated rings. The molecule has 0 atom stereocenters. The van der Waals surface area contributed by atoms with Crippen LogP contribution >= 0.6 is 0 Å². The molecule has 1 saturated heterocycles. The van der Waals surface area contributed by atoms with Crippen LogP contribution in [0.3, 0.4) is 0 Å². The Morgan fingerprint density at radius 2 is 2.00 bits per heavy atom. The van der Waals surface area contributed by atoms with Crippen LogP contribution in [0.2, 0.25) is 0 Å². The van der Waals surface area contributed by atoms with E-state index >= 15 is 0 Å². The lowest BCUT2D eigenvalue weighted by molar-refractivity contribution is 0.0695. The molecule has 18 heavy (non-hydrogen) atoms. The summed E-state index contributed by atoms with van der Waals surface area (Å²) in [5.74, 6) is -0.242. The van der Waals surface area contributed by atoms with Crippen molar-refractivity contribution in [2.45, 2.75) is 39.2 Å². The van der Waals surface area contributed by atoms with E-state index in [1.54, 1.807) is 6.92 Å². The van der Waals surface area contributed by atoms with E-state index in [-0.39, 0.29) is 5.56 Å². The van der Waals surface area contributed by atoms with Crippen molar-refractivity contribution in [1.29, 1.82) is 0 Å². The highest BCUT2D eigenvalue weighted by Crippen LogP contribution is 2.12. The molecular formula is C13H19N3O2. The minimum atomic E-state index is -0.964. The maximum Gasteiger partial charge on any atom is 0.339 e. The zero-order valence-electron chi connectivity index (χ0n) is 10.7. The minimum Gasteiger partial charge on any atom is -0.478 e. The lowest BCUT2D eigenvalue weighted by Crippen LogP contribution is -2.25. The van der Waals surface area contributed by atoms with Crippen molar-refractivity contribution < 1.29 is 9.90 Å². The maximum atomic E-state index is 10.9. The number of carbonyl (C=O) groups is 1. The summed E-state index contributed by atoms with van der Waals surface area (Å²) in [6.45, 7) is 4.62. The van der Waals surface area contributed by atoms with Crippen LogP contribution in [0, 0.1) is 6.92 Å². The fourth-order valence-corrected chi connectivity index (χ4v) is 2.30. The summed E-state index contributed by atoms with van der Waals surface area (Å²) < 4.78 is 0. The van der Waals surface area contributed by atoms with E-state index < -0.39 is 5.97 Å². The van der Waals surface area contributed by atoms with Crippen molar-refractivity contribution in [2.24, 2.45) is 0 Å². The van der Waals surface area contributed by atoms with E-state index in [2.05, 4.69) is 14.9 Å². The highest BCUT2D eigenvalue weighted by Gasteiger charge is 2.13. The number of aromatic carboxylic acids is 1. The number of carboxylic acids is 1. The second kappa shape index (κ2) is 5.91. The first kappa shape index (κ1) is 13.0. The summed E-state index contributed by atoms with van der Waals surface area (Å²) in [6.07, 6.45) is 6.47. The fraction of sp³-hybridized carbons (Fsp3) is 0.615. The van der Waals surface area contributed by atoms with Gasteiger partial charge in [0.1, 0.15) is 5.82 Å². The molecule has 0 spiro atoms. The van der Waals surface area contributed by atoms with Gasteiger partial charge in [0.05, 0.1) is 17.8 Å². The van der Waals surface area contributed by atoms with Gasteiger partial charge < -0.3 is 5.11 Å². The van der Waals surface area contributed by atoms with Gasteiger partial charge in [-0.25, -0.2) is 14.8 Å². The molecule has 5 heteroatoms. The summed E-state index contributed by atoms with van der Waals surface area (Å²) in [4.78, 5) is 21.7. The Kier molecular flexibility index (Phi) is 4.25. The van der Waals surface area contributed by atoms with Crippen LogP contribution in [0.5, 0.6) is 0 Å². The quantitative estimate of drug-likeness (QED) is 0.885. The normalized spacial score (nSPS) is 17.4. The molecule has 0 unspecified atom stereocenters. The van der Waals surface area contributed by atoms with Crippen molar-refractivity contribution >= 4 is 5.97 Å². The number of rotatable bonds is 3. The van der Waals surface area contributed by atoms with Gasteiger partial charge in [0.2, 0.25) is 0 Å². The Balaban J connectivity index is 2.05. The lowest BCUT2D eigenvalue weighted by Gasteiger charge is -2.18. The molecule has 1 aliphatic heterocycles. The molecule has 0 radical (unpaired) electrons. The van der Waals surface area contributed by atoms with Gasteiger partial charge in [-0.3, -0.25) is 4.90 Å².